The second-order valence-corrected chi connectivity index (χ2v) is 7.70. The van der Waals surface area contributed by atoms with Crippen LogP contribution in [0.2, 0.25) is 0 Å². The number of benzene rings is 1. The van der Waals surface area contributed by atoms with Gasteiger partial charge in [0, 0.05) is 25.0 Å². The van der Waals surface area contributed by atoms with E-state index in [4.69, 9.17) is 0 Å². The lowest BCUT2D eigenvalue weighted by Gasteiger charge is -2.30. The molecule has 2 fully saturated rings. The lowest BCUT2D eigenvalue weighted by Crippen LogP contribution is -2.38. The Hall–Kier alpha value is -1.46. The second-order valence-electron chi connectivity index (χ2n) is 7.70. The number of aliphatic hydroxyl groups excluding tert-OH is 1. The van der Waals surface area contributed by atoms with Crippen molar-refractivity contribution in [3.8, 4) is 0 Å². The minimum absolute atomic E-state index is 0.00233. The highest BCUT2D eigenvalue weighted by Crippen LogP contribution is 2.32. The average Bonchev–Trinajstić information content (AvgIpc) is 3.04. The molecule has 1 aromatic carbocycles. The topological polar surface area (TPSA) is 61.4 Å². The minimum atomic E-state index is -0.656. The number of aliphatic hydroxyl groups is 1. The van der Waals surface area contributed by atoms with Gasteiger partial charge in [0.2, 0.25) is 5.91 Å². The van der Waals surface area contributed by atoms with Gasteiger partial charge < -0.3 is 15.7 Å². The van der Waals surface area contributed by atoms with Crippen molar-refractivity contribution in [2.45, 2.75) is 76.1 Å². The molecule has 3 rings (SSSR count). The van der Waals surface area contributed by atoms with Crippen LogP contribution in [0.25, 0.3) is 0 Å². The maximum atomic E-state index is 13.4. The molecular formula is C20H29FN2O2. The average molecular weight is 348 g/mol. The fourth-order valence-electron chi connectivity index (χ4n) is 4.44. The Morgan fingerprint density at radius 1 is 1.28 bits per heavy atom. The third-order valence-electron chi connectivity index (χ3n) is 5.72. The van der Waals surface area contributed by atoms with Crippen LogP contribution < -0.4 is 10.6 Å². The van der Waals surface area contributed by atoms with E-state index < -0.39 is 6.10 Å². The first kappa shape index (κ1) is 18.3. The Bertz CT molecular complexity index is 587. The summed E-state index contributed by atoms with van der Waals surface area (Å²) in [6, 6.07) is 7.02. The summed E-state index contributed by atoms with van der Waals surface area (Å²) in [7, 11) is 0. The van der Waals surface area contributed by atoms with Crippen LogP contribution in [0.15, 0.2) is 24.3 Å². The highest BCUT2D eigenvalue weighted by molar-refractivity contribution is 5.73. The maximum Gasteiger partial charge on any atom is 0.217 e. The van der Waals surface area contributed by atoms with Crippen molar-refractivity contribution in [3.63, 3.8) is 0 Å². The molecule has 25 heavy (non-hydrogen) atoms. The van der Waals surface area contributed by atoms with Gasteiger partial charge in [-0.05, 0) is 68.6 Å². The lowest BCUT2D eigenvalue weighted by atomic mass is 9.82. The Balaban J connectivity index is 1.45. The van der Waals surface area contributed by atoms with E-state index in [-0.39, 0.29) is 17.8 Å². The van der Waals surface area contributed by atoms with E-state index in [2.05, 4.69) is 10.6 Å². The second kappa shape index (κ2) is 8.28. The Labute approximate surface area is 149 Å². The van der Waals surface area contributed by atoms with E-state index in [0.29, 0.717) is 23.6 Å². The van der Waals surface area contributed by atoms with Gasteiger partial charge in [0.15, 0.2) is 0 Å². The largest absolute Gasteiger partial charge is 0.387 e. The van der Waals surface area contributed by atoms with Crippen LogP contribution in [-0.2, 0) is 4.79 Å². The summed E-state index contributed by atoms with van der Waals surface area (Å²) in [5.41, 5.74) is 0.647. The number of hydrogen-bond donors (Lipinski definition) is 3. The van der Waals surface area contributed by atoms with Crippen LogP contribution in [0.4, 0.5) is 4.39 Å². The van der Waals surface area contributed by atoms with Gasteiger partial charge >= 0.3 is 0 Å². The highest BCUT2D eigenvalue weighted by atomic mass is 19.1. The molecule has 1 saturated carbocycles. The first-order valence-electron chi connectivity index (χ1n) is 9.48. The van der Waals surface area contributed by atoms with E-state index in [0.717, 1.165) is 44.9 Å². The summed E-state index contributed by atoms with van der Waals surface area (Å²) in [6.07, 6.45) is 6.88. The molecule has 0 radical (unpaired) electrons. The molecule has 0 spiro atoms. The monoisotopic (exact) mass is 348 g/mol. The summed E-state index contributed by atoms with van der Waals surface area (Å²) in [5.74, 6) is 0.449. The van der Waals surface area contributed by atoms with Crippen LogP contribution in [0, 0.1) is 11.7 Å². The molecule has 0 aromatic heterocycles. The molecule has 1 saturated heterocycles. The minimum Gasteiger partial charge on any atom is -0.387 e. The molecule has 1 aromatic rings. The van der Waals surface area contributed by atoms with Crippen molar-refractivity contribution in [2.75, 3.05) is 0 Å². The molecule has 1 heterocycles. The Morgan fingerprint density at radius 3 is 2.72 bits per heavy atom. The van der Waals surface area contributed by atoms with Gasteiger partial charge in [-0.1, -0.05) is 12.1 Å². The molecule has 4 nitrogen and oxygen atoms in total. The molecule has 3 atom stereocenters. The number of nitrogens with one attached hydrogen (secondary N) is 2. The highest BCUT2D eigenvalue weighted by Gasteiger charge is 2.32. The molecule has 138 valence electrons. The van der Waals surface area contributed by atoms with Gasteiger partial charge in [0.25, 0.3) is 0 Å². The van der Waals surface area contributed by atoms with E-state index in [1.807, 2.05) is 0 Å². The summed E-state index contributed by atoms with van der Waals surface area (Å²) >= 11 is 0. The van der Waals surface area contributed by atoms with Crippen LogP contribution in [0.3, 0.4) is 0 Å². The number of amides is 1. The quantitative estimate of drug-likeness (QED) is 0.766. The number of halogens is 1. The van der Waals surface area contributed by atoms with Gasteiger partial charge in [-0.3, -0.25) is 4.79 Å². The molecule has 3 N–H and O–H groups in total. The number of carbonyl (C=O) groups excluding carboxylic acids is 1. The van der Waals surface area contributed by atoms with Gasteiger partial charge in [-0.2, -0.15) is 0 Å². The third-order valence-corrected chi connectivity index (χ3v) is 5.72. The van der Waals surface area contributed by atoms with Gasteiger partial charge in [0.05, 0.1) is 6.10 Å². The smallest absolute Gasteiger partial charge is 0.217 e. The van der Waals surface area contributed by atoms with Crippen LogP contribution in [0.1, 0.15) is 63.5 Å². The summed E-state index contributed by atoms with van der Waals surface area (Å²) in [4.78, 5) is 11.1. The van der Waals surface area contributed by atoms with Crippen molar-refractivity contribution in [3.05, 3.63) is 35.6 Å². The zero-order valence-corrected chi connectivity index (χ0v) is 14.9. The maximum absolute atomic E-state index is 13.4. The Kier molecular flexibility index (Phi) is 6.07. The van der Waals surface area contributed by atoms with Crippen molar-refractivity contribution in [1.29, 1.82) is 0 Å². The molecule has 1 aliphatic heterocycles. The SMILES string of the molecule is CC(=O)N[C@H]1CC[C@@H](C[C@@H]2CC[C@H]([C@H](O)c3cccc(F)c3)N2)CC1. The van der Waals surface area contributed by atoms with Crippen molar-refractivity contribution in [2.24, 2.45) is 5.92 Å². The van der Waals surface area contributed by atoms with Crippen LogP contribution in [-0.4, -0.2) is 29.1 Å². The Morgan fingerprint density at radius 2 is 2.04 bits per heavy atom. The summed E-state index contributed by atoms with van der Waals surface area (Å²) in [6.45, 7) is 1.58. The lowest BCUT2D eigenvalue weighted by molar-refractivity contribution is -0.119. The van der Waals surface area contributed by atoms with Crippen molar-refractivity contribution >= 4 is 5.91 Å². The van der Waals surface area contributed by atoms with Crippen molar-refractivity contribution in [1.82, 2.24) is 10.6 Å². The zero-order chi connectivity index (χ0) is 17.8. The standard InChI is InChI=1S/C20H29FN2O2/c1-13(24)22-17-7-5-14(6-8-17)11-18-9-10-19(23-18)20(25)15-3-2-4-16(21)12-15/h2-4,12,14,17-20,23,25H,5-11H2,1H3,(H,22,24)/t14-,17+,18-,19+,20+/m0/s1. The fraction of sp³-hybridized carbons (Fsp3) is 0.650. The zero-order valence-electron chi connectivity index (χ0n) is 14.9. The van der Waals surface area contributed by atoms with E-state index in [1.54, 1.807) is 19.1 Å². The molecule has 1 amide bonds. The van der Waals surface area contributed by atoms with Gasteiger partial charge in [-0.25, -0.2) is 4.39 Å². The molecule has 2 aliphatic rings. The predicted octanol–water partition coefficient (Wildman–Crippen LogP) is 3.06. The molecule has 5 heteroatoms. The van der Waals surface area contributed by atoms with Crippen LogP contribution >= 0.6 is 0 Å². The third kappa shape index (κ3) is 5.02. The first-order chi connectivity index (χ1) is 12.0. The number of rotatable bonds is 5. The summed E-state index contributed by atoms with van der Waals surface area (Å²) < 4.78 is 13.4. The first-order valence-corrected chi connectivity index (χ1v) is 9.48. The van der Waals surface area contributed by atoms with E-state index in [1.165, 1.54) is 12.1 Å². The van der Waals surface area contributed by atoms with E-state index in [9.17, 15) is 14.3 Å². The number of carbonyl (C=O) groups is 1. The summed E-state index contributed by atoms with van der Waals surface area (Å²) in [5, 5.41) is 17.1. The van der Waals surface area contributed by atoms with Crippen LogP contribution in [0.5, 0.6) is 0 Å². The number of hydrogen-bond acceptors (Lipinski definition) is 3. The molecule has 1 aliphatic carbocycles. The normalized spacial score (nSPS) is 30.8. The fourth-order valence-corrected chi connectivity index (χ4v) is 4.44. The molecular weight excluding hydrogens is 319 g/mol. The van der Waals surface area contributed by atoms with Gasteiger partial charge in [-0.15, -0.1) is 0 Å². The predicted molar refractivity (Wildman–Crippen MR) is 95.5 cm³/mol. The van der Waals surface area contributed by atoms with Gasteiger partial charge in [0.1, 0.15) is 5.82 Å². The van der Waals surface area contributed by atoms with E-state index >= 15 is 0 Å². The molecule has 0 bridgehead atoms. The molecule has 0 unspecified atom stereocenters. The van der Waals surface area contributed by atoms with Crippen molar-refractivity contribution < 1.29 is 14.3 Å².